The number of benzene rings is 2. The molecular formula is C20H18ClN3O3. The first-order valence-electron chi connectivity index (χ1n) is 8.40. The lowest BCUT2D eigenvalue weighted by molar-refractivity contribution is -0.147. The van der Waals surface area contributed by atoms with Crippen molar-refractivity contribution in [3.8, 4) is 5.69 Å². The molecule has 0 spiro atoms. The average Bonchev–Trinajstić information content (AvgIpc) is 3.16. The summed E-state index contributed by atoms with van der Waals surface area (Å²) < 4.78 is 6.76. The maximum absolute atomic E-state index is 11.8. The molecule has 3 aromatic rings. The minimum Gasteiger partial charge on any atom is -0.456 e. The molecule has 0 aliphatic heterocycles. The first kappa shape index (κ1) is 18.7. The van der Waals surface area contributed by atoms with Gasteiger partial charge < -0.3 is 10.1 Å². The second-order valence-corrected chi connectivity index (χ2v) is 6.28. The van der Waals surface area contributed by atoms with Crippen molar-refractivity contribution in [2.45, 2.75) is 12.8 Å². The Morgan fingerprint density at radius 1 is 1.07 bits per heavy atom. The summed E-state index contributed by atoms with van der Waals surface area (Å²) >= 11 is 5.78. The van der Waals surface area contributed by atoms with E-state index in [1.807, 2.05) is 36.5 Å². The van der Waals surface area contributed by atoms with E-state index in [9.17, 15) is 9.59 Å². The van der Waals surface area contributed by atoms with Crippen LogP contribution in [0.4, 0.5) is 5.69 Å². The van der Waals surface area contributed by atoms with Crippen molar-refractivity contribution >= 4 is 29.2 Å². The second-order valence-electron chi connectivity index (χ2n) is 5.84. The molecule has 0 aliphatic carbocycles. The fraction of sp³-hybridized carbons (Fsp3) is 0.150. The van der Waals surface area contributed by atoms with Gasteiger partial charge in [0.05, 0.1) is 11.9 Å². The summed E-state index contributed by atoms with van der Waals surface area (Å²) in [5.74, 6) is -0.837. The largest absolute Gasteiger partial charge is 0.456 e. The molecule has 0 atom stereocenters. The van der Waals surface area contributed by atoms with E-state index >= 15 is 0 Å². The van der Waals surface area contributed by atoms with Crippen molar-refractivity contribution in [3.63, 3.8) is 0 Å². The maximum atomic E-state index is 11.8. The fourth-order valence-electron chi connectivity index (χ4n) is 2.41. The average molecular weight is 384 g/mol. The lowest BCUT2D eigenvalue weighted by Crippen LogP contribution is -2.21. The summed E-state index contributed by atoms with van der Waals surface area (Å²) in [4.78, 5) is 23.6. The number of carbonyl (C=O) groups is 2. The normalized spacial score (nSPS) is 10.4. The van der Waals surface area contributed by atoms with Gasteiger partial charge in [-0.15, -0.1) is 0 Å². The number of hydrogen-bond donors (Lipinski definition) is 1. The summed E-state index contributed by atoms with van der Waals surface area (Å²) in [6, 6.07) is 16.4. The number of aryl methyl sites for hydroxylation is 1. The number of carbonyl (C=O) groups excluding carboxylic acids is 2. The minimum absolute atomic E-state index is 0.175. The molecule has 0 radical (unpaired) electrons. The minimum atomic E-state index is -0.436. The number of halogens is 1. The fourth-order valence-corrected chi connectivity index (χ4v) is 2.53. The molecule has 0 aliphatic rings. The smallest absolute Gasteiger partial charge is 0.306 e. The van der Waals surface area contributed by atoms with Gasteiger partial charge in [0.15, 0.2) is 6.61 Å². The van der Waals surface area contributed by atoms with Gasteiger partial charge >= 0.3 is 5.97 Å². The number of aromatic nitrogens is 2. The Morgan fingerprint density at radius 2 is 1.81 bits per heavy atom. The molecule has 1 amide bonds. The molecule has 7 heteroatoms. The molecule has 0 bridgehead atoms. The Kier molecular flexibility index (Phi) is 6.22. The van der Waals surface area contributed by atoms with Gasteiger partial charge in [-0.3, -0.25) is 9.59 Å². The predicted molar refractivity (Wildman–Crippen MR) is 103 cm³/mol. The Balaban J connectivity index is 1.41. The lowest BCUT2D eigenvalue weighted by Gasteiger charge is -2.06. The molecule has 27 heavy (non-hydrogen) atoms. The van der Waals surface area contributed by atoms with Crippen LogP contribution < -0.4 is 5.32 Å². The van der Waals surface area contributed by atoms with Crippen molar-refractivity contribution in [1.82, 2.24) is 9.78 Å². The van der Waals surface area contributed by atoms with Gasteiger partial charge in [0.25, 0.3) is 5.91 Å². The number of amides is 1. The number of ether oxygens (including phenoxy) is 1. The summed E-state index contributed by atoms with van der Waals surface area (Å²) in [5, 5.41) is 7.49. The van der Waals surface area contributed by atoms with Crippen LogP contribution in [0.5, 0.6) is 0 Å². The van der Waals surface area contributed by atoms with Gasteiger partial charge in [0.2, 0.25) is 0 Å². The van der Waals surface area contributed by atoms with E-state index in [-0.39, 0.29) is 13.0 Å². The third-order valence-electron chi connectivity index (χ3n) is 3.77. The number of hydrogen-bond acceptors (Lipinski definition) is 4. The van der Waals surface area contributed by atoms with E-state index in [0.29, 0.717) is 17.1 Å². The molecule has 0 saturated heterocycles. The third-order valence-corrected chi connectivity index (χ3v) is 4.02. The molecule has 1 heterocycles. The molecule has 0 saturated carbocycles. The molecule has 0 fully saturated rings. The van der Waals surface area contributed by atoms with Crippen LogP contribution in [0.3, 0.4) is 0 Å². The number of rotatable bonds is 7. The molecule has 138 valence electrons. The number of nitrogens with one attached hydrogen (secondary N) is 1. The zero-order valence-corrected chi connectivity index (χ0v) is 15.2. The van der Waals surface area contributed by atoms with Gasteiger partial charge in [0, 0.05) is 23.3 Å². The molecule has 1 aromatic heterocycles. The summed E-state index contributed by atoms with van der Waals surface area (Å²) in [5.41, 5.74) is 2.46. The molecule has 3 rings (SSSR count). The van der Waals surface area contributed by atoms with Crippen molar-refractivity contribution in [2.24, 2.45) is 0 Å². The predicted octanol–water partition coefficient (Wildman–Crippen LogP) is 3.64. The maximum Gasteiger partial charge on any atom is 0.306 e. The van der Waals surface area contributed by atoms with Crippen LogP contribution in [-0.4, -0.2) is 28.3 Å². The highest BCUT2D eigenvalue weighted by Crippen LogP contribution is 2.13. The SMILES string of the molecule is O=C(COC(=O)CCc1cnn(-c2ccccc2)c1)Nc1ccc(Cl)cc1. The Bertz CT molecular complexity index is 908. The van der Waals surface area contributed by atoms with E-state index in [1.165, 1.54) is 0 Å². The van der Waals surface area contributed by atoms with Crippen LogP contribution in [-0.2, 0) is 20.7 Å². The molecular weight excluding hydrogens is 366 g/mol. The first-order chi connectivity index (χ1) is 13.1. The number of esters is 1. The molecule has 1 N–H and O–H groups in total. The van der Waals surface area contributed by atoms with Crippen LogP contribution in [0.25, 0.3) is 5.69 Å². The number of anilines is 1. The standard InChI is InChI=1S/C20H18ClN3O3/c21-16-7-9-17(10-8-16)23-19(25)14-27-20(26)11-6-15-12-22-24(13-15)18-4-2-1-3-5-18/h1-5,7-10,12-13H,6,11,14H2,(H,23,25). The number of nitrogens with zero attached hydrogens (tertiary/aromatic N) is 2. The van der Waals surface area contributed by atoms with E-state index in [4.69, 9.17) is 16.3 Å². The lowest BCUT2D eigenvalue weighted by atomic mass is 10.2. The van der Waals surface area contributed by atoms with Gasteiger partial charge in [0.1, 0.15) is 0 Å². The summed E-state index contributed by atoms with van der Waals surface area (Å²) in [7, 11) is 0. The van der Waals surface area contributed by atoms with Crippen molar-refractivity contribution in [3.05, 3.63) is 77.6 Å². The quantitative estimate of drug-likeness (QED) is 0.632. The Hall–Kier alpha value is -3.12. The van der Waals surface area contributed by atoms with Crippen molar-refractivity contribution in [2.75, 3.05) is 11.9 Å². The van der Waals surface area contributed by atoms with Crippen LogP contribution >= 0.6 is 11.6 Å². The summed E-state index contributed by atoms with van der Waals surface area (Å²) in [6.45, 7) is -0.329. The highest BCUT2D eigenvalue weighted by atomic mass is 35.5. The van der Waals surface area contributed by atoms with Crippen LogP contribution in [0.1, 0.15) is 12.0 Å². The molecule has 0 unspecified atom stereocenters. The zero-order chi connectivity index (χ0) is 19.1. The third kappa shape index (κ3) is 5.69. The Labute approximate surface area is 161 Å². The van der Waals surface area contributed by atoms with Gasteiger partial charge in [-0.2, -0.15) is 5.10 Å². The topological polar surface area (TPSA) is 73.2 Å². The monoisotopic (exact) mass is 383 g/mol. The van der Waals surface area contributed by atoms with Crippen molar-refractivity contribution in [1.29, 1.82) is 0 Å². The van der Waals surface area contributed by atoms with Gasteiger partial charge in [-0.1, -0.05) is 29.8 Å². The summed E-state index contributed by atoms with van der Waals surface area (Å²) in [6.07, 6.45) is 4.25. The second kappa shape index (κ2) is 9.00. The van der Waals surface area contributed by atoms with E-state index < -0.39 is 11.9 Å². The van der Waals surface area contributed by atoms with Gasteiger partial charge in [-0.25, -0.2) is 4.68 Å². The van der Waals surface area contributed by atoms with E-state index in [0.717, 1.165) is 11.3 Å². The van der Waals surface area contributed by atoms with E-state index in [1.54, 1.807) is 35.1 Å². The van der Waals surface area contributed by atoms with Crippen LogP contribution in [0.15, 0.2) is 67.0 Å². The van der Waals surface area contributed by atoms with Gasteiger partial charge in [-0.05, 0) is 48.4 Å². The Morgan fingerprint density at radius 3 is 2.56 bits per heavy atom. The molecule has 6 nitrogen and oxygen atoms in total. The zero-order valence-electron chi connectivity index (χ0n) is 14.5. The van der Waals surface area contributed by atoms with Crippen LogP contribution in [0.2, 0.25) is 5.02 Å². The first-order valence-corrected chi connectivity index (χ1v) is 8.78. The van der Waals surface area contributed by atoms with Crippen LogP contribution in [0, 0.1) is 0 Å². The highest BCUT2D eigenvalue weighted by Gasteiger charge is 2.09. The number of para-hydroxylation sites is 1. The molecule has 2 aromatic carbocycles. The van der Waals surface area contributed by atoms with E-state index in [2.05, 4.69) is 10.4 Å². The van der Waals surface area contributed by atoms with Crippen molar-refractivity contribution < 1.29 is 14.3 Å². The highest BCUT2D eigenvalue weighted by molar-refractivity contribution is 6.30.